The van der Waals surface area contributed by atoms with Gasteiger partial charge in [-0.3, -0.25) is 4.79 Å². The van der Waals surface area contributed by atoms with Gasteiger partial charge in [0.2, 0.25) is 5.91 Å². The number of nitrogens with zero attached hydrogens (tertiary/aromatic N) is 3. The molecule has 2 aromatic heterocycles. The maximum absolute atomic E-state index is 12.6. The van der Waals surface area contributed by atoms with Crippen molar-refractivity contribution in [2.75, 3.05) is 12.3 Å². The van der Waals surface area contributed by atoms with Crippen LogP contribution >= 0.6 is 11.8 Å². The van der Waals surface area contributed by atoms with Crippen LogP contribution in [-0.4, -0.2) is 32.9 Å². The summed E-state index contributed by atoms with van der Waals surface area (Å²) in [5.74, 6) is 1.80. The summed E-state index contributed by atoms with van der Waals surface area (Å²) in [6.07, 6.45) is 2.04. The van der Waals surface area contributed by atoms with Crippen LogP contribution in [0.4, 0.5) is 0 Å². The van der Waals surface area contributed by atoms with E-state index in [0.29, 0.717) is 11.7 Å². The second-order valence-corrected chi connectivity index (χ2v) is 9.03. The van der Waals surface area contributed by atoms with Crippen molar-refractivity contribution in [2.24, 2.45) is 5.92 Å². The molecule has 0 aliphatic carbocycles. The lowest BCUT2D eigenvalue weighted by Gasteiger charge is -2.25. The van der Waals surface area contributed by atoms with Gasteiger partial charge in [0.05, 0.1) is 11.4 Å². The summed E-state index contributed by atoms with van der Waals surface area (Å²) in [6.45, 7) is 5.01. The maximum Gasteiger partial charge on any atom is 0.233 e. The monoisotopic (exact) mass is 417 g/mol. The average molecular weight is 418 g/mol. The Kier molecular flexibility index (Phi) is 4.87. The van der Waals surface area contributed by atoms with Gasteiger partial charge in [-0.25, -0.2) is 4.68 Å². The third-order valence-corrected chi connectivity index (χ3v) is 6.46. The molecule has 0 spiro atoms. The average Bonchev–Trinajstić information content (AvgIpc) is 3.45. The number of amides is 1. The standard InChI is InChI=1S/C24H23N3O2S/c1-16(2)13-26-22(28)15-30-24(26)19-14-27(18-9-4-3-5-10-18)25-23(19)21-12-17-8-6-7-11-20(17)29-21/h3-12,14,16,24H,13,15H2,1-2H3. The Morgan fingerprint density at radius 3 is 2.67 bits per heavy atom. The van der Waals surface area contributed by atoms with Crippen LogP contribution < -0.4 is 0 Å². The summed E-state index contributed by atoms with van der Waals surface area (Å²) in [6, 6.07) is 20.0. The number of furan rings is 1. The SMILES string of the molecule is CC(C)CN1C(=O)CSC1c1cn(-c2ccccc2)nc1-c1cc2ccccc2o1. The highest BCUT2D eigenvalue weighted by Crippen LogP contribution is 2.43. The molecule has 1 aliphatic heterocycles. The second-order valence-electron chi connectivity index (χ2n) is 7.96. The van der Waals surface area contributed by atoms with E-state index in [0.717, 1.165) is 40.2 Å². The number of rotatable bonds is 5. The lowest BCUT2D eigenvalue weighted by molar-refractivity contribution is -0.128. The summed E-state index contributed by atoms with van der Waals surface area (Å²) >= 11 is 1.66. The molecule has 1 atom stereocenters. The normalized spacial score (nSPS) is 16.8. The van der Waals surface area contributed by atoms with E-state index in [-0.39, 0.29) is 11.3 Å². The number of carbonyl (C=O) groups excluding carboxylic acids is 1. The van der Waals surface area contributed by atoms with Gasteiger partial charge < -0.3 is 9.32 Å². The Morgan fingerprint density at radius 1 is 1.13 bits per heavy atom. The predicted molar refractivity (Wildman–Crippen MR) is 121 cm³/mol. The van der Waals surface area contributed by atoms with Crippen LogP contribution in [0.2, 0.25) is 0 Å². The Labute approximate surface area is 179 Å². The van der Waals surface area contributed by atoms with E-state index >= 15 is 0 Å². The van der Waals surface area contributed by atoms with Crippen molar-refractivity contribution in [3.63, 3.8) is 0 Å². The molecule has 1 amide bonds. The Balaban J connectivity index is 1.65. The Morgan fingerprint density at radius 2 is 1.90 bits per heavy atom. The van der Waals surface area contributed by atoms with Gasteiger partial charge in [-0.1, -0.05) is 50.2 Å². The molecule has 2 aromatic carbocycles. The molecule has 152 valence electrons. The highest BCUT2D eigenvalue weighted by atomic mass is 32.2. The molecule has 0 bridgehead atoms. The van der Waals surface area contributed by atoms with E-state index in [1.54, 1.807) is 11.8 Å². The molecule has 4 aromatic rings. The molecule has 5 nitrogen and oxygen atoms in total. The summed E-state index contributed by atoms with van der Waals surface area (Å²) in [7, 11) is 0. The van der Waals surface area contributed by atoms with Crippen molar-refractivity contribution in [1.82, 2.24) is 14.7 Å². The van der Waals surface area contributed by atoms with Gasteiger partial charge in [0.25, 0.3) is 0 Å². The third kappa shape index (κ3) is 3.41. The highest BCUT2D eigenvalue weighted by molar-refractivity contribution is 8.00. The number of aromatic nitrogens is 2. The molecule has 6 heteroatoms. The molecule has 5 rings (SSSR count). The zero-order valence-corrected chi connectivity index (χ0v) is 17.8. The van der Waals surface area contributed by atoms with Crippen LogP contribution in [0, 0.1) is 5.92 Å². The Hall–Kier alpha value is -2.99. The van der Waals surface area contributed by atoms with Gasteiger partial charge in [-0.05, 0) is 30.2 Å². The molecular formula is C24H23N3O2S. The quantitative estimate of drug-likeness (QED) is 0.429. The zero-order valence-electron chi connectivity index (χ0n) is 17.0. The maximum atomic E-state index is 12.6. The Bertz CT molecular complexity index is 1160. The number of carbonyl (C=O) groups is 1. The van der Waals surface area contributed by atoms with Crippen LogP contribution in [0.3, 0.4) is 0 Å². The largest absolute Gasteiger partial charge is 0.454 e. The van der Waals surface area contributed by atoms with Crippen LogP contribution in [0.15, 0.2) is 71.3 Å². The van der Waals surface area contributed by atoms with Gasteiger partial charge in [0.1, 0.15) is 16.7 Å². The summed E-state index contributed by atoms with van der Waals surface area (Å²) in [5, 5.41) is 5.88. The minimum absolute atomic E-state index is 0.0689. The predicted octanol–water partition coefficient (Wildman–Crippen LogP) is 5.52. The van der Waals surface area contributed by atoms with Gasteiger partial charge in [-0.2, -0.15) is 5.10 Å². The molecule has 0 radical (unpaired) electrons. The summed E-state index contributed by atoms with van der Waals surface area (Å²) in [4.78, 5) is 14.6. The number of hydrogen-bond acceptors (Lipinski definition) is 4. The number of fused-ring (bicyclic) bond motifs is 1. The van der Waals surface area contributed by atoms with Crippen molar-refractivity contribution >= 4 is 28.6 Å². The van der Waals surface area contributed by atoms with E-state index in [2.05, 4.69) is 13.8 Å². The number of para-hydroxylation sites is 2. The van der Waals surface area contributed by atoms with Crippen molar-refractivity contribution < 1.29 is 9.21 Å². The van der Waals surface area contributed by atoms with Crippen LogP contribution in [0.25, 0.3) is 28.1 Å². The molecule has 0 N–H and O–H groups in total. The van der Waals surface area contributed by atoms with Crippen molar-refractivity contribution in [3.05, 3.63) is 72.4 Å². The first-order chi connectivity index (χ1) is 14.6. The van der Waals surface area contributed by atoms with E-state index in [1.807, 2.05) is 76.4 Å². The first-order valence-corrected chi connectivity index (χ1v) is 11.2. The first-order valence-electron chi connectivity index (χ1n) is 10.1. The molecule has 1 fully saturated rings. The molecule has 30 heavy (non-hydrogen) atoms. The van der Waals surface area contributed by atoms with Crippen molar-refractivity contribution in [1.29, 1.82) is 0 Å². The topological polar surface area (TPSA) is 51.3 Å². The smallest absolute Gasteiger partial charge is 0.233 e. The third-order valence-electron chi connectivity index (χ3n) is 5.22. The first kappa shape index (κ1) is 19.0. The molecule has 1 aliphatic rings. The van der Waals surface area contributed by atoms with Gasteiger partial charge in [0, 0.05) is 23.7 Å². The molecule has 0 saturated carbocycles. The van der Waals surface area contributed by atoms with E-state index in [4.69, 9.17) is 9.52 Å². The van der Waals surface area contributed by atoms with Gasteiger partial charge >= 0.3 is 0 Å². The molecule has 3 heterocycles. The lowest BCUT2D eigenvalue weighted by Crippen LogP contribution is -2.31. The molecular weight excluding hydrogens is 394 g/mol. The van der Waals surface area contributed by atoms with E-state index in [9.17, 15) is 4.79 Å². The van der Waals surface area contributed by atoms with Crippen molar-refractivity contribution in [3.8, 4) is 17.1 Å². The fourth-order valence-electron chi connectivity index (χ4n) is 3.87. The molecule has 1 saturated heterocycles. The van der Waals surface area contributed by atoms with E-state index < -0.39 is 0 Å². The summed E-state index contributed by atoms with van der Waals surface area (Å²) < 4.78 is 8.04. The van der Waals surface area contributed by atoms with Gasteiger partial charge in [0.15, 0.2) is 5.76 Å². The lowest BCUT2D eigenvalue weighted by atomic mass is 10.1. The van der Waals surface area contributed by atoms with Gasteiger partial charge in [-0.15, -0.1) is 11.8 Å². The zero-order chi connectivity index (χ0) is 20.7. The van der Waals surface area contributed by atoms with Crippen LogP contribution in [0.1, 0.15) is 24.8 Å². The fourth-order valence-corrected chi connectivity index (χ4v) is 5.08. The van der Waals surface area contributed by atoms with Crippen LogP contribution in [0.5, 0.6) is 0 Å². The number of hydrogen-bond donors (Lipinski definition) is 0. The highest BCUT2D eigenvalue weighted by Gasteiger charge is 2.36. The minimum atomic E-state index is -0.0689. The van der Waals surface area contributed by atoms with E-state index in [1.165, 1.54) is 0 Å². The number of benzene rings is 2. The van der Waals surface area contributed by atoms with Crippen molar-refractivity contribution in [2.45, 2.75) is 19.2 Å². The summed E-state index contributed by atoms with van der Waals surface area (Å²) in [5.41, 5.74) is 3.61. The molecule has 1 unspecified atom stereocenters. The van der Waals surface area contributed by atoms with Crippen LogP contribution in [-0.2, 0) is 4.79 Å². The minimum Gasteiger partial charge on any atom is -0.454 e. The number of thioether (sulfide) groups is 1. The second kappa shape index (κ2) is 7.69. The fraction of sp³-hybridized carbons (Fsp3) is 0.250.